The molecule has 5 nitrogen and oxygen atoms in total. The molecule has 0 atom stereocenters. The zero-order chi connectivity index (χ0) is 17.9. The molecule has 2 heterocycles. The molecule has 7 heteroatoms. The Morgan fingerprint density at radius 3 is 2.64 bits per heavy atom. The minimum Gasteiger partial charge on any atom is -0.468 e. The Labute approximate surface area is 150 Å². The fourth-order valence-electron chi connectivity index (χ4n) is 2.41. The summed E-state index contributed by atoms with van der Waals surface area (Å²) in [4.78, 5) is 11.7. The third-order valence-corrected chi connectivity index (χ3v) is 6.25. The molecular formula is C18H17NO4S2. The Bertz CT molecular complexity index is 909. The topological polar surface area (TPSA) is 67.6 Å². The summed E-state index contributed by atoms with van der Waals surface area (Å²) in [5.41, 5.74) is 1.28. The molecule has 0 radical (unpaired) electrons. The minimum atomic E-state index is -3.78. The van der Waals surface area contributed by atoms with E-state index in [9.17, 15) is 13.2 Å². The normalized spacial score (nSPS) is 11.8. The fourth-order valence-corrected chi connectivity index (χ4v) is 4.51. The molecule has 2 aromatic heterocycles. The van der Waals surface area contributed by atoms with Crippen molar-refractivity contribution < 1.29 is 17.6 Å². The lowest BCUT2D eigenvalue weighted by Gasteiger charge is -2.21. The highest BCUT2D eigenvalue weighted by molar-refractivity contribution is 7.89. The Balaban J connectivity index is 1.97. The van der Waals surface area contributed by atoms with Crippen LogP contribution >= 0.6 is 11.3 Å². The van der Waals surface area contributed by atoms with Crippen molar-refractivity contribution in [2.75, 3.05) is 0 Å². The van der Waals surface area contributed by atoms with E-state index in [1.54, 1.807) is 24.3 Å². The molecule has 0 spiro atoms. The van der Waals surface area contributed by atoms with E-state index in [1.165, 1.54) is 41.0 Å². The maximum atomic E-state index is 13.1. The quantitative estimate of drug-likeness (QED) is 0.587. The number of sulfonamides is 1. The van der Waals surface area contributed by atoms with E-state index in [-0.39, 0.29) is 23.8 Å². The molecule has 0 amide bonds. The summed E-state index contributed by atoms with van der Waals surface area (Å²) in [5.74, 6) is 0.383. The summed E-state index contributed by atoms with van der Waals surface area (Å²) in [5, 5.41) is 3.82. The fraction of sp³-hybridized carbons (Fsp3) is 0.167. The first kappa shape index (κ1) is 17.6. The van der Waals surface area contributed by atoms with Crippen LogP contribution in [0.2, 0.25) is 0 Å². The monoisotopic (exact) mass is 375 g/mol. The summed E-state index contributed by atoms with van der Waals surface area (Å²) in [7, 11) is -3.78. The van der Waals surface area contributed by atoms with Gasteiger partial charge in [0.1, 0.15) is 5.76 Å². The molecule has 0 aliphatic heterocycles. The number of Topliss-reactive ketones (excluding diaryl/α,β-unsaturated/α-hetero) is 1. The Morgan fingerprint density at radius 1 is 1.16 bits per heavy atom. The molecule has 1 aromatic carbocycles. The van der Waals surface area contributed by atoms with Gasteiger partial charge in [0.25, 0.3) is 0 Å². The zero-order valence-electron chi connectivity index (χ0n) is 13.6. The van der Waals surface area contributed by atoms with E-state index in [4.69, 9.17) is 4.42 Å². The van der Waals surface area contributed by atoms with Crippen molar-refractivity contribution in [1.29, 1.82) is 0 Å². The van der Waals surface area contributed by atoms with Crippen molar-refractivity contribution in [2.45, 2.75) is 24.9 Å². The third-order valence-electron chi connectivity index (χ3n) is 3.73. The number of hydrogen-bond donors (Lipinski definition) is 0. The second kappa shape index (κ2) is 7.35. The summed E-state index contributed by atoms with van der Waals surface area (Å²) in [6.45, 7) is 1.77. The number of furan rings is 1. The molecule has 3 aromatic rings. The lowest BCUT2D eigenvalue weighted by Crippen LogP contribution is -2.30. The van der Waals surface area contributed by atoms with Gasteiger partial charge in [-0.3, -0.25) is 4.79 Å². The van der Waals surface area contributed by atoms with E-state index >= 15 is 0 Å². The standard InChI is InChI=1S/C18H17NO4S2/c1-14(20)16-4-2-6-18(10-16)25(21,22)19(11-15-7-9-24-13-15)12-17-5-3-8-23-17/h2-10,13H,11-12H2,1H3. The van der Waals surface area contributed by atoms with Crippen LogP contribution in [-0.4, -0.2) is 18.5 Å². The molecule has 3 rings (SSSR count). The van der Waals surface area contributed by atoms with E-state index in [1.807, 2.05) is 16.8 Å². The highest BCUT2D eigenvalue weighted by atomic mass is 32.2. The molecule has 0 aliphatic rings. The molecule has 0 saturated carbocycles. The number of ketones is 1. The number of thiophene rings is 1. The SMILES string of the molecule is CC(=O)c1cccc(S(=O)(=O)N(Cc2ccsc2)Cc2ccco2)c1. The van der Waals surface area contributed by atoms with Gasteiger partial charge < -0.3 is 4.42 Å². The van der Waals surface area contributed by atoms with E-state index in [0.717, 1.165) is 5.56 Å². The van der Waals surface area contributed by atoms with Crippen LogP contribution in [-0.2, 0) is 23.1 Å². The van der Waals surface area contributed by atoms with Crippen LogP contribution in [0.4, 0.5) is 0 Å². The van der Waals surface area contributed by atoms with Crippen molar-refractivity contribution in [3.63, 3.8) is 0 Å². The largest absolute Gasteiger partial charge is 0.468 e. The predicted molar refractivity (Wildman–Crippen MR) is 95.9 cm³/mol. The smallest absolute Gasteiger partial charge is 0.243 e. The highest BCUT2D eigenvalue weighted by Gasteiger charge is 2.26. The van der Waals surface area contributed by atoms with Crippen LogP contribution in [0.3, 0.4) is 0 Å². The van der Waals surface area contributed by atoms with Gasteiger partial charge in [-0.15, -0.1) is 0 Å². The molecule has 0 N–H and O–H groups in total. The summed E-state index contributed by atoms with van der Waals surface area (Å²) < 4.78 is 32.9. The number of carbonyl (C=O) groups is 1. The van der Waals surface area contributed by atoms with Crippen LogP contribution in [0.1, 0.15) is 28.6 Å². The highest BCUT2D eigenvalue weighted by Crippen LogP contribution is 2.23. The molecule has 0 aliphatic carbocycles. The van der Waals surface area contributed by atoms with Crippen LogP contribution in [0.25, 0.3) is 0 Å². The van der Waals surface area contributed by atoms with Crippen LogP contribution in [0, 0.1) is 0 Å². The van der Waals surface area contributed by atoms with Gasteiger partial charge in [-0.25, -0.2) is 8.42 Å². The first-order valence-electron chi connectivity index (χ1n) is 7.61. The molecule has 0 saturated heterocycles. The number of rotatable bonds is 7. The predicted octanol–water partition coefficient (Wildman–Crippen LogP) is 3.93. The number of nitrogens with zero attached hydrogens (tertiary/aromatic N) is 1. The van der Waals surface area contributed by atoms with E-state index in [0.29, 0.717) is 11.3 Å². The lowest BCUT2D eigenvalue weighted by molar-refractivity contribution is 0.101. The molecule has 0 fully saturated rings. The average Bonchev–Trinajstić information content (AvgIpc) is 3.28. The molecule has 25 heavy (non-hydrogen) atoms. The second-order valence-corrected chi connectivity index (χ2v) is 8.29. The summed E-state index contributed by atoms with van der Waals surface area (Å²) in [6, 6.07) is 11.5. The number of hydrogen-bond acceptors (Lipinski definition) is 5. The van der Waals surface area contributed by atoms with Crippen molar-refractivity contribution in [2.24, 2.45) is 0 Å². The van der Waals surface area contributed by atoms with Gasteiger partial charge in [-0.05, 0) is 53.6 Å². The van der Waals surface area contributed by atoms with Crippen molar-refractivity contribution in [3.8, 4) is 0 Å². The third kappa shape index (κ3) is 4.07. The van der Waals surface area contributed by atoms with E-state index in [2.05, 4.69) is 0 Å². The van der Waals surface area contributed by atoms with Gasteiger partial charge in [0.15, 0.2) is 5.78 Å². The van der Waals surface area contributed by atoms with Crippen LogP contribution in [0.5, 0.6) is 0 Å². The minimum absolute atomic E-state index is 0.0991. The van der Waals surface area contributed by atoms with Gasteiger partial charge in [0, 0.05) is 12.1 Å². The van der Waals surface area contributed by atoms with Crippen molar-refractivity contribution >= 4 is 27.1 Å². The maximum absolute atomic E-state index is 13.1. The van der Waals surface area contributed by atoms with Crippen LogP contribution < -0.4 is 0 Å². The van der Waals surface area contributed by atoms with E-state index < -0.39 is 10.0 Å². The molecule has 0 bridgehead atoms. The van der Waals surface area contributed by atoms with Gasteiger partial charge in [-0.1, -0.05) is 12.1 Å². The molecule has 130 valence electrons. The number of benzene rings is 1. The summed E-state index contributed by atoms with van der Waals surface area (Å²) in [6.07, 6.45) is 1.51. The average molecular weight is 375 g/mol. The van der Waals surface area contributed by atoms with Crippen molar-refractivity contribution in [3.05, 3.63) is 76.4 Å². The zero-order valence-corrected chi connectivity index (χ0v) is 15.2. The maximum Gasteiger partial charge on any atom is 0.243 e. The summed E-state index contributed by atoms with van der Waals surface area (Å²) >= 11 is 1.51. The van der Waals surface area contributed by atoms with Gasteiger partial charge in [-0.2, -0.15) is 15.6 Å². The Hall–Kier alpha value is -2.22. The van der Waals surface area contributed by atoms with Crippen molar-refractivity contribution in [1.82, 2.24) is 4.31 Å². The van der Waals surface area contributed by atoms with Gasteiger partial charge in [0.2, 0.25) is 10.0 Å². The van der Waals surface area contributed by atoms with Gasteiger partial charge >= 0.3 is 0 Å². The Kier molecular flexibility index (Phi) is 5.17. The van der Waals surface area contributed by atoms with Crippen LogP contribution in [0.15, 0.2) is 68.8 Å². The lowest BCUT2D eigenvalue weighted by atomic mass is 10.2. The molecular weight excluding hydrogens is 358 g/mol. The second-order valence-electron chi connectivity index (χ2n) is 5.57. The first-order valence-corrected chi connectivity index (χ1v) is 10.00. The number of carbonyl (C=O) groups excluding carboxylic acids is 1. The van der Waals surface area contributed by atoms with Gasteiger partial charge in [0.05, 0.1) is 17.7 Å². The first-order chi connectivity index (χ1) is 12.0. The Morgan fingerprint density at radius 2 is 2.00 bits per heavy atom. The molecule has 0 unspecified atom stereocenters.